The summed E-state index contributed by atoms with van der Waals surface area (Å²) in [7, 11) is 0. The molecule has 0 spiro atoms. The van der Waals surface area contributed by atoms with E-state index >= 15 is 0 Å². The number of nitrogens with one attached hydrogen (secondary N) is 1. The number of halogens is 1. The highest BCUT2D eigenvalue weighted by Crippen LogP contribution is 2.23. The van der Waals surface area contributed by atoms with Gasteiger partial charge in [-0.15, -0.1) is 0 Å². The number of carbonyl (C=O) groups is 1. The summed E-state index contributed by atoms with van der Waals surface area (Å²) in [5.74, 6) is -0.556. The molecule has 14 heavy (non-hydrogen) atoms. The quantitative estimate of drug-likeness (QED) is 0.763. The molecule has 0 fully saturated rings. The Balaban J connectivity index is 3.16. The van der Waals surface area contributed by atoms with E-state index in [2.05, 4.69) is 4.98 Å². The normalized spacial score (nSPS) is 9.57. The molecule has 1 aromatic rings. The van der Waals surface area contributed by atoms with E-state index < -0.39 is 5.97 Å². The van der Waals surface area contributed by atoms with Crippen LogP contribution in [0.5, 0.6) is 0 Å². The third-order valence-electron chi connectivity index (χ3n) is 1.70. The fourth-order valence-corrected chi connectivity index (χ4v) is 1.25. The molecule has 0 saturated heterocycles. The number of ether oxygens (including phenoxy) is 1. The number of hydrogen-bond acceptors (Lipinski definition) is 3. The van der Waals surface area contributed by atoms with E-state index in [-0.39, 0.29) is 22.9 Å². The topological polar surface area (TPSA) is 65.9 Å². The molecule has 0 aliphatic rings. The second kappa shape index (κ2) is 4.16. The van der Waals surface area contributed by atoms with E-state index in [1.807, 2.05) is 6.07 Å². The number of nitriles is 1. The Morgan fingerprint density at radius 1 is 1.71 bits per heavy atom. The Labute approximate surface area is 86.4 Å². The lowest BCUT2D eigenvalue weighted by molar-refractivity contribution is 0.0520. The Morgan fingerprint density at radius 2 is 2.36 bits per heavy atom. The number of hydrogen-bond donors (Lipinski definition) is 1. The van der Waals surface area contributed by atoms with E-state index in [1.165, 1.54) is 0 Å². The van der Waals surface area contributed by atoms with Crippen molar-refractivity contribution in [1.29, 1.82) is 5.26 Å². The molecule has 0 bridgehead atoms. The lowest BCUT2D eigenvalue weighted by Crippen LogP contribution is -2.06. The van der Waals surface area contributed by atoms with Crippen molar-refractivity contribution >= 4 is 17.6 Å². The number of aromatic amines is 1. The van der Waals surface area contributed by atoms with Crippen LogP contribution in [-0.4, -0.2) is 17.6 Å². The summed E-state index contributed by atoms with van der Waals surface area (Å²) in [6, 6.07) is 1.86. The zero-order valence-corrected chi connectivity index (χ0v) is 8.60. The van der Waals surface area contributed by atoms with E-state index in [4.69, 9.17) is 21.6 Å². The Morgan fingerprint density at radius 3 is 2.86 bits per heavy atom. The number of aryl methyl sites for hydroxylation is 1. The minimum absolute atomic E-state index is 0.122. The van der Waals surface area contributed by atoms with Gasteiger partial charge in [0.15, 0.2) is 0 Å². The van der Waals surface area contributed by atoms with E-state index in [0.29, 0.717) is 5.69 Å². The molecule has 1 rings (SSSR count). The van der Waals surface area contributed by atoms with Crippen molar-refractivity contribution in [3.63, 3.8) is 0 Å². The lowest BCUT2D eigenvalue weighted by atomic mass is 10.2. The van der Waals surface area contributed by atoms with Gasteiger partial charge in [0.05, 0.1) is 11.6 Å². The zero-order chi connectivity index (χ0) is 10.7. The van der Waals surface area contributed by atoms with Gasteiger partial charge in [-0.1, -0.05) is 11.6 Å². The zero-order valence-electron chi connectivity index (χ0n) is 7.85. The summed E-state index contributed by atoms with van der Waals surface area (Å²) < 4.78 is 4.76. The molecular weight excluding hydrogens is 204 g/mol. The largest absolute Gasteiger partial charge is 0.461 e. The first-order valence-electron chi connectivity index (χ1n) is 4.07. The maximum Gasteiger partial charge on any atom is 0.356 e. The van der Waals surface area contributed by atoms with Gasteiger partial charge in [0.1, 0.15) is 17.3 Å². The minimum Gasteiger partial charge on any atom is -0.461 e. The molecule has 5 heteroatoms. The van der Waals surface area contributed by atoms with Crippen molar-refractivity contribution in [2.24, 2.45) is 0 Å². The van der Waals surface area contributed by atoms with Gasteiger partial charge in [0.25, 0.3) is 0 Å². The van der Waals surface area contributed by atoms with Crippen LogP contribution in [0.1, 0.15) is 28.7 Å². The average Bonchev–Trinajstić information content (AvgIpc) is 2.44. The van der Waals surface area contributed by atoms with Gasteiger partial charge < -0.3 is 9.72 Å². The molecule has 0 radical (unpaired) electrons. The Hall–Kier alpha value is -1.47. The number of nitrogens with zero attached hydrogens (tertiary/aromatic N) is 1. The lowest BCUT2D eigenvalue weighted by Gasteiger charge is -1.98. The number of H-pyrrole nitrogens is 1. The van der Waals surface area contributed by atoms with Gasteiger partial charge in [-0.25, -0.2) is 4.79 Å². The summed E-state index contributed by atoms with van der Waals surface area (Å²) in [6.07, 6.45) is 0. The molecule has 1 aromatic heterocycles. The predicted octanol–water partition coefficient (Wildman–Crippen LogP) is 2.02. The van der Waals surface area contributed by atoms with E-state index in [0.717, 1.165) is 0 Å². The number of rotatable bonds is 2. The summed E-state index contributed by atoms with van der Waals surface area (Å²) >= 11 is 5.80. The van der Waals surface area contributed by atoms with Crippen LogP contribution in [0.15, 0.2) is 0 Å². The molecule has 0 amide bonds. The van der Waals surface area contributed by atoms with Gasteiger partial charge in [-0.05, 0) is 13.8 Å². The number of aromatic nitrogens is 1. The summed E-state index contributed by atoms with van der Waals surface area (Å²) in [5.41, 5.74) is 0.853. The molecule has 4 nitrogen and oxygen atoms in total. The van der Waals surface area contributed by atoms with Crippen molar-refractivity contribution in [2.45, 2.75) is 13.8 Å². The van der Waals surface area contributed by atoms with Crippen LogP contribution < -0.4 is 0 Å². The average molecular weight is 213 g/mol. The van der Waals surface area contributed by atoms with E-state index in [1.54, 1.807) is 13.8 Å². The van der Waals surface area contributed by atoms with Gasteiger partial charge in [0, 0.05) is 5.69 Å². The maximum absolute atomic E-state index is 11.3. The first-order valence-corrected chi connectivity index (χ1v) is 4.44. The number of carbonyl (C=O) groups excluding carboxylic acids is 1. The van der Waals surface area contributed by atoms with Gasteiger partial charge in [0.2, 0.25) is 0 Å². The van der Waals surface area contributed by atoms with Crippen molar-refractivity contribution in [3.8, 4) is 6.07 Å². The molecule has 0 atom stereocenters. The van der Waals surface area contributed by atoms with Crippen LogP contribution in [-0.2, 0) is 4.74 Å². The van der Waals surface area contributed by atoms with Crippen LogP contribution in [0.3, 0.4) is 0 Å². The van der Waals surface area contributed by atoms with Crippen LogP contribution in [0.4, 0.5) is 0 Å². The van der Waals surface area contributed by atoms with Crippen molar-refractivity contribution in [1.82, 2.24) is 4.98 Å². The fourth-order valence-electron chi connectivity index (χ4n) is 1.06. The third kappa shape index (κ3) is 1.73. The summed E-state index contributed by atoms with van der Waals surface area (Å²) in [6.45, 7) is 3.65. The van der Waals surface area contributed by atoms with Gasteiger partial charge in [-0.2, -0.15) is 5.26 Å². The molecule has 0 aromatic carbocycles. The highest BCUT2D eigenvalue weighted by atomic mass is 35.5. The maximum atomic E-state index is 11.3. The molecular formula is C9H9ClN2O2. The summed E-state index contributed by atoms with van der Waals surface area (Å²) in [4.78, 5) is 14.0. The predicted molar refractivity (Wildman–Crippen MR) is 51.2 cm³/mol. The SMILES string of the molecule is CCOC(=O)c1[nH]c(C)c(Cl)c1C#N. The second-order valence-corrected chi connectivity index (χ2v) is 3.02. The van der Waals surface area contributed by atoms with Crippen LogP contribution >= 0.6 is 11.6 Å². The van der Waals surface area contributed by atoms with Gasteiger partial charge in [-0.3, -0.25) is 0 Å². The molecule has 0 aliphatic heterocycles. The molecule has 74 valence electrons. The first kappa shape index (κ1) is 10.6. The first-order chi connectivity index (χ1) is 6.61. The summed E-state index contributed by atoms with van der Waals surface area (Å²) in [5, 5.41) is 9.04. The molecule has 1 N–H and O–H groups in total. The highest BCUT2D eigenvalue weighted by Gasteiger charge is 2.19. The molecule has 1 heterocycles. The van der Waals surface area contributed by atoms with Crippen molar-refractivity contribution < 1.29 is 9.53 Å². The third-order valence-corrected chi connectivity index (χ3v) is 2.18. The van der Waals surface area contributed by atoms with Crippen LogP contribution in [0, 0.1) is 18.3 Å². The van der Waals surface area contributed by atoms with Gasteiger partial charge >= 0.3 is 5.97 Å². The van der Waals surface area contributed by atoms with Crippen LogP contribution in [0.25, 0.3) is 0 Å². The van der Waals surface area contributed by atoms with E-state index in [9.17, 15) is 4.79 Å². The van der Waals surface area contributed by atoms with Crippen molar-refractivity contribution in [3.05, 3.63) is 22.0 Å². The standard InChI is InChI=1S/C9H9ClN2O2/c1-3-14-9(13)8-6(4-11)7(10)5(2)12-8/h12H,3H2,1-2H3. The minimum atomic E-state index is -0.556. The van der Waals surface area contributed by atoms with Crippen LogP contribution in [0.2, 0.25) is 5.02 Å². The highest BCUT2D eigenvalue weighted by molar-refractivity contribution is 6.33. The second-order valence-electron chi connectivity index (χ2n) is 2.65. The number of esters is 1. The Bertz CT molecular complexity index is 404. The fraction of sp³-hybridized carbons (Fsp3) is 0.333. The monoisotopic (exact) mass is 212 g/mol. The smallest absolute Gasteiger partial charge is 0.356 e. The molecule has 0 saturated carbocycles. The van der Waals surface area contributed by atoms with Crippen molar-refractivity contribution in [2.75, 3.05) is 6.61 Å². The Kier molecular flexibility index (Phi) is 3.15. The molecule has 0 unspecified atom stereocenters. The molecule has 0 aliphatic carbocycles.